The zero-order valence-electron chi connectivity index (χ0n) is 21.4. The van der Waals surface area contributed by atoms with E-state index in [0.717, 1.165) is 30.2 Å². The Balaban J connectivity index is 1.77. The van der Waals surface area contributed by atoms with Crippen molar-refractivity contribution in [3.05, 3.63) is 64.7 Å². The van der Waals surface area contributed by atoms with E-state index in [1.165, 1.54) is 24.6 Å². The highest BCUT2D eigenvalue weighted by atomic mass is 19.1. The van der Waals surface area contributed by atoms with E-state index in [1.54, 1.807) is 0 Å². The van der Waals surface area contributed by atoms with Crippen molar-refractivity contribution in [3.63, 3.8) is 0 Å². The molecule has 2 aromatic carbocycles. The lowest BCUT2D eigenvalue weighted by Gasteiger charge is -2.36. The number of halogens is 2. The van der Waals surface area contributed by atoms with E-state index in [0.29, 0.717) is 18.7 Å². The monoisotopic (exact) mass is 498 g/mol. The van der Waals surface area contributed by atoms with E-state index in [4.69, 9.17) is 0 Å². The maximum Gasteiger partial charge on any atom is 0.217 e. The van der Waals surface area contributed by atoms with Crippen molar-refractivity contribution in [2.45, 2.75) is 65.1 Å². The van der Waals surface area contributed by atoms with Gasteiger partial charge in [-0.15, -0.1) is 0 Å². The minimum absolute atomic E-state index is 0.0471. The fourth-order valence-electron chi connectivity index (χ4n) is 4.85. The number of carbonyl (C=O) groups is 1. The van der Waals surface area contributed by atoms with Gasteiger partial charge in [-0.1, -0.05) is 32.9 Å². The Bertz CT molecular complexity index is 1090. The van der Waals surface area contributed by atoms with Crippen LogP contribution in [0.15, 0.2) is 36.4 Å². The van der Waals surface area contributed by atoms with E-state index < -0.39 is 23.8 Å². The van der Waals surface area contributed by atoms with Gasteiger partial charge in [0.1, 0.15) is 18.2 Å². The zero-order valence-corrected chi connectivity index (χ0v) is 21.4. The second-order valence-electron chi connectivity index (χ2n) is 10.8. The van der Waals surface area contributed by atoms with Crippen molar-refractivity contribution in [2.75, 3.05) is 24.5 Å². The number of anilines is 1. The van der Waals surface area contributed by atoms with Gasteiger partial charge < -0.3 is 20.6 Å². The molecule has 6 nitrogen and oxygen atoms in total. The van der Waals surface area contributed by atoms with E-state index >= 15 is 0 Å². The summed E-state index contributed by atoms with van der Waals surface area (Å²) in [6.45, 7) is 9.08. The van der Waals surface area contributed by atoms with Crippen LogP contribution in [0.25, 0.3) is 0 Å². The summed E-state index contributed by atoms with van der Waals surface area (Å²) in [7, 11) is 0. The molecule has 0 radical (unpaired) electrons. The highest BCUT2D eigenvalue weighted by Crippen LogP contribution is 2.35. The molecule has 0 saturated carbocycles. The number of nitriles is 1. The molecule has 0 spiro atoms. The van der Waals surface area contributed by atoms with Crippen LogP contribution in [0.3, 0.4) is 0 Å². The van der Waals surface area contributed by atoms with Crippen LogP contribution >= 0.6 is 0 Å². The molecule has 1 amide bonds. The summed E-state index contributed by atoms with van der Waals surface area (Å²) in [6.07, 6.45) is 0.756. The minimum Gasteiger partial charge on any atom is -0.390 e. The minimum atomic E-state index is -0.987. The third kappa shape index (κ3) is 7.74. The van der Waals surface area contributed by atoms with Gasteiger partial charge in [0.2, 0.25) is 5.91 Å². The van der Waals surface area contributed by atoms with Crippen molar-refractivity contribution >= 4 is 11.6 Å². The molecule has 1 heterocycles. The van der Waals surface area contributed by atoms with Crippen molar-refractivity contribution in [3.8, 4) is 6.07 Å². The van der Waals surface area contributed by atoms with Crippen LogP contribution in [-0.2, 0) is 17.6 Å². The highest BCUT2D eigenvalue weighted by Gasteiger charge is 2.28. The first-order chi connectivity index (χ1) is 16.9. The van der Waals surface area contributed by atoms with Gasteiger partial charge >= 0.3 is 0 Å². The van der Waals surface area contributed by atoms with E-state index in [9.17, 15) is 23.9 Å². The number of hydrogen-bond donors (Lipinski definition) is 3. The lowest BCUT2D eigenvalue weighted by molar-refractivity contribution is -0.120. The summed E-state index contributed by atoms with van der Waals surface area (Å²) in [5.74, 6) is -1.74. The molecule has 1 aliphatic heterocycles. The van der Waals surface area contributed by atoms with Crippen LogP contribution in [0.2, 0.25) is 0 Å². The van der Waals surface area contributed by atoms with Crippen LogP contribution in [0.4, 0.5) is 14.5 Å². The predicted octanol–water partition coefficient (Wildman–Crippen LogP) is 4.03. The Kier molecular flexibility index (Phi) is 9.04. The third-order valence-electron chi connectivity index (χ3n) is 6.30. The predicted molar refractivity (Wildman–Crippen MR) is 136 cm³/mol. The lowest BCUT2D eigenvalue weighted by atomic mass is 9.85. The Hall–Kier alpha value is -3.02. The maximum absolute atomic E-state index is 13.7. The Morgan fingerprint density at radius 1 is 1.19 bits per heavy atom. The number of rotatable bonds is 9. The molecule has 0 bridgehead atoms. The number of nitrogens with one attached hydrogen (secondary N) is 2. The molecule has 3 N–H and O–H groups in total. The van der Waals surface area contributed by atoms with E-state index in [-0.39, 0.29) is 30.3 Å². The average molecular weight is 499 g/mol. The fraction of sp³-hybridized carbons (Fsp3) is 0.500. The smallest absolute Gasteiger partial charge is 0.217 e. The molecule has 0 aliphatic carbocycles. The summed E-state index contributed by atoms with van der Waals surface area (Å²) < 4.78 is 27.3. The number of hydrogen-bond acceptors (Lipinski definition) is 5. The van der Waals surface area contributed by atoms with Crippen molar-refractivity contribution in [1.82, 2.24) is 10.6 Å². The van der Waals surface area contributed by atoms with Gasteiger partial charge in [-0.25, -0.2) is 8.78 Å². The molecule has 0 unspecified atom stereocenters. The van der Waals surface area contributed by atoms with E-state index in [2.05, 4.69) is 60.6 Å². The molecule has 3 atom stereocenters. The van der Waals surface area contributed by atoms with Crippen LogP contribution in [0, 0.1) is 28.4 Å². The third-order valence-corrected chi connectivity index (χ3v) is 6.30. The second kappa shape index (κ2) is 11.8. The summed E-state index contributed by atoms with van der Waals surface area (Å²) in [4.78, 5) is 13.8. The quantitative estimate of drug-likeness (QED) is 0.455. The molecule has 0 fully saturated rings. The number of aliphatic hydroxyl groups excluding tert-OH is 1. The fourth-order valence-corrected chi connectivity index (χ4v) is 4.85. The first kappa shape index (κ1) is 27.6. The Morgan fingerprint density at radius 3 is 2.50 bits per heavy atom. The number of amides is 1. The number of nitrogens with zero attached hydrogens (tertiary/aromatic N) is 2. The van der Waals surface area contributed by atoms with Crippen LogP contribution in [0.1, 0.15) is 56.8 Å². The van der Waals surface area contributed by atoms with Gasteiger partial charge in [0, 0.05) is 37.8 Å². The molecule has 0 aromatic heterocycles. The van der Waals surface area contributed by atoms with Crippen LogP contribution in [0.5, 0.6) is 0 Å². The summed E-state index contributed by atoms with van der Waals surface area (Å²) >= 11 is 0. The molecule has 3 rings (SSSR count). The molecule has 0 saturated heterocycles. The topological polar surface area (TPSA) is 88.4 Å². The largest absolute Gasteiger partial charge is 0.390 e. The van der Waals surface area contributed by atoms with Gasteiger partial charge in [0.05, 0.1) is 18.2 Å². The number of carbonyl (C=O) groups excluding carboxylic acids is 1. The molecule has 194 valence electrons. The van der Waals surface area contributed by atoms with Crippen LogP contribution in [-0.4, -0.2) is 42.8 Å². The first-order valence-corrected chi connectivity index (χ1v) is 12.3. The standard InChI is InChI=1S/C28H36F2N4O2/c1-18(35)33-25(14-20-11-21(29)15-22(30)12-20)27(36)17-32-24-7-9-34(10-8-31)26-6-5-19(13-23(24)26)16-28(2,3)4/h5-6,11-13,15,24-25,27,32,36H,7,9-10,14,16-17H2,1-4H3,(H,33,35)/t24-,25-,27+/m0/s1. The van der Waals surface area contributed by atoms with Gasteiger partial charge in [-0.05, 0) is 59.6 Å². The molecule has 2 aromatic rings. The summed E-state index contributed by atoms with van der Waals surface area (Å²) in [5.41, 5.74) is 3.76. The van der Waals surface area contributed by atoms with Crippen molar-refractivity contribution < 1.29 is 18.7 Å². The molecular weight excluding hydrogens is 462 g/mol. The number of aliphatic hydroxyl groups is 1. The molecular formula is C28H36F2N4O2. The summed E-state index contributed by atoms with van der Waals surface area (Å²) in [5, 5.41) is 26.4. The molecule has 36 heavy (non-hydrogen) atoms. The maximum atomic E-state index is 13.7. The number of benzene rings is 2. The SMILES string of the molecule is CC(=O)N[C@@H](Cc1cc(F)cc(F)c1)[C@H](O)CN[C@H]1CCN(CC#N)c2ccc(CC(C)(C)C)cc21. The van der Waals surface area contributed by atoms with Gasteiger partial charge in [0.15, 0.2) is 0 Å². The molecule has 1 aliphatic rings. The normalized spacial score (nSPS) is 17.2. The highest BCUT2D eigenvalue weighted by molar-refractivity contribution is 5.73. The first-order valence-electron chi connectivity index (χ1n) is 12.3. The average Bonchev–Trinajstić information content (AvgIpc) is 2.76. The van der Waals surface area contributed by atoms with Gasteiger partial charge in [-0.2, -0.15) is 5.26 Å². The summed E-state index contributed by atoms with van der Waals surface area (Å²) in [6, 6.07) is 11.0. The Morgan fingerprint density at radius 2 is 1.89 bits per heavy atom. The second-order valence-corrected chi connectivity index (χ2v) is 10.8. The zero-order chi connectivity index (χ0) is 26.5. The van der Waals surface area contributed by atoms with Gasteiger partial charge in [0.25, 0.3) is 0 Å². The lowest BCUT2D eigenvalue weighted by Crippen LogP contribution is -2.49. The van der Waals surface area contributed by atoms with Crippen molar-refractivity contribution in [2.24, 2.45) is 5.41 Å². The van der Waals surface area contributed by atoms with Gasteiger partial charge in [-0.3, -0.25) is 4.79 Å². The molecule has 8 heteroatoms. The number of fused-ring (bicyclic) bond motifs is 1. The van der Waals surface area contributed by atoms with Crippen LogP contribution < -0.4 is 15.5 Å². The Labute approximate surface area is 212 Å². The van der Waals surface area contributed by atoms with E-state index in [1.807, 2.05) is 0 Å². The van der Waals surface area contributed by atoms with Crippen molar-refractivity contribution in [1.29, 1.82) is 5.26 Å².